The second-order valence-corrected chi connectivity index (χ2v) is 7.54. The fourth-order valence-electron chi connectivity index (χ4n) is 4.06. The number of phenolic OH excluding ortho intramolecular Hbond substituents is 2. The summed E-state index contributed by atoms with van der Waals surface area (Å²) in [5, 5.41) is 25.2. The van der Waals surface area contributed by atoms with Crippen LogP contribution in [0.5, 0.6) is 17.2 Å². The predicted octanol–water partition coefficient (Wildman–Crippen LogP) is 6.83. The van der Waals surface area contributed by atoms with Crippen LogP contribution in [0, 0.1) is 0 Å². The summed E-state index contributed by atoms with van der Waals surface area (Å²) >= 11 is 0. The topological polar surface area (TPSA) is 62.0 Å². The smallest absolute Gasteiger partial charge is 0.124 e. The molecule has 0 saturated carbocycles. The van der Waals surface area contributed by atoms with Crippen LogP contribution in [0.3, 0.4) is 0 Å². The monoisotopic (exact) mass is 419 g/mol. The Morgan fingerprint density at radius 3 is 2.03 bits per heavy atom. The minimum atomic E-state index is 0.116. The summed E-state index contributed by atoms with van der Waals surface area (Å²) < 4.78 is 5.27. The first-order valence-electron chi connectivity index (χ1n) is 10.3. The molecule has 0 aromatic heterocycles. The molecule has 0 spiro atoms. The van der Waals surface area contributed by atoms with Crippen LogP contribution in [0.2, 0.25) is 0 Å². The third kappa shape index (κ3) is 3.42. The zero-order valence-electron chi connectivity index (χ0n) is 17.5. The van der Waals surface area contributed by atoms with Gasteiger partial charge in [0.2, 0.25) is 0 Å². The van der Waals surface area contributed by atoms with Crippen LogP contribution in [0.4, 0.5) is 5.69 Å². The largest absolute Gasteiger partial charge is 0.507 e. The van der Waals surface area contributed by atoms with E-state index >= 15 is 0 Å². The molecule has 2 N–H and O–H groups in total. The Bertz CT molecular complexity index is 1490. The number of rotatable bonds is 4. The molecule has 4 nitrogen and oxygen atoms in total. The quantitative estimate of drug-likeness (QED) is 0.314. The summed E-state index contributed by atoms with van der Waals surface area (Å²) in [5.74, 6) is 0.945. The van der Waals surface area contributed by atoms with E-state index in [0.717, 1.165) is 32.7 Å². The van der Waals surface area contributed by atoms with E-state index in [0.29, 0.717) is 17.0 Å². The maximum Gasteiger partial charge on any atom is 0.124 e. The average Bonchev–Trinajstić information content (AvgIpc) is 2.83. The molecular formula is C28H21NO3. The minimum absolute atomic E-state index is 0.116. The van der Waals surface area contributed by atoms with Crippen LogP contribution < -0.4 is 4.74 Å². The standard InChI is InChI=1S/C28H21NO3/c1-32-21-12-15-25(30)20(16-21)17-29-24-13-10-18-6-2-4-8-22(18)27(24)28-23-9-5-3-7-19(23)11-14-26(28)31/h2-17,30-31H,1H3. The van der Waals surface area contributed by atoms with Crippen LogP contribution in [0.15, 0.2) is 96.0 Å². The van der Waals surface area contributed by atoms with E-state index in [1.807, 2.05) is 66.7 Å². The highest BCUT2D eigenvalue weighted by Crippen LogP contribution is 2.45. The zero-order valence-corrected chi connectivity index (χ0v) is 17.5. The number of methoxy groups -OCH3 is 1. The molecule has 0 saturated heterocycles. The molecule has 0 amide bonds. The number of aliphatic imine (C=N–C) groups is 1. The Morgan fingerprint density at radius 1 is 0.688 bits per heavy atom. The van der Waals surface area contributed by atoms with Gasteiger partial charge in [-0.25, -0.2) is 0 Å². The van der Waals surface area contributed by atoms with E-state index in [1.54, 1.807) is 37.6 Å². The van der Waals surface area contributed by atoms with E-state index in [4.69, 9.17) is 9.73 Å². The number of benzene rings is 5. The SMILES string of the molecule is COc1ccc(O)c(C=Nc2ccc3ccccc3c2-c2c(O)ccc3ccccc23)c1. The molecular weight excluding hydrogens is 398 g/mol. The second-order valence-electron chi connectivity index (χ2n) is 7.54. The molecule has 0 unspecified atom stereocenters. The van der Waals surface area contributed by atoms with Crippen molar-refractivity contribution in [2.45, 2.75) is 0 Å². The normalized spacial score (nSPS) is 11.4. The second kappa shape index (κ2) is 8.08. The molecule has 0 aliphatic rings. The highest BCUT2D eigenvalue weighted by atomic mass is 16.5. The van der Waals surface area contributed by atoms with Crippen LogP contribution in [0.25, 0.3) is 32.7 Å². The number of aromatic hydroxyl groups is 2. The Balaban J connectivity index is 1.79. The van der Waals surface area contributed by atoms with Crippen molar-refractivity contribution in [2.24, 2.45) is 4.99 Å². The zero-order chi connectivity index (χ0) is 22.1. The maximum atomic E-state index is 10.9. The van der Waals surface area contributed by atoms with Crippen molar-refractivity contribution in [3.8, 4) is 28.4 Å². The average molecular weight is 419 g/mol. The van der Waals surface area contributed by atoms with Crippen molar-refractivity contribution in [1.29, 1.82) is 0 Å². The number of phenols is 2. The van der Waals surface area contributed by atoms with E-state index in [9.17, 15) is 10.2 Å². The van der Waals surface area contributed by atoms with Gasteiger partial charge in [-0.15, -0.1) is 0 Å². The maximum absolute atomic E-state index is 10.9. The lowest BCUT2D eigenvalue weighted by molar-refractivity contribution is 0.412. The lowest BCUT2D eigenvalue weighted by atomic mass is 9.92. The van der Waals surface area contributed by atoms with Crippen molar-refractivity contribution in [3.63, 3.8) is 0 Å². The first kappa shape index (κ1) is 19.6. The molecule has 5 aromatic rings. The minimum Gasteiger partial charge on any atom is -0.507 e. The molecule has 0 atom stereocenters. The van der Waals surface area contributed by atoms with Gasteiger partial charge >= 0.3 is 0 Å². The Labute approximate surface area is 185 Å². The van der Waals surface area contributed by atoms with Crippen molar-refractivity contribution in [3.05, 3.63) is 96.6 Å². The van der Waals surface area contributed by atoms with Crippen LogP contribution in [-0.4, -0.2) is 23.5 Å². The van der Waals surface area contributed by atoms with Gasteiger partial charge in [-0.05, 0) is 51.9 Å². The Hall–Kier alpha value is -4.31. The van der Waals surface area contributed by atoms with E-state index < -0.39 is 0 Å². The van der Waals surface area contributed by atoms with E-state index in [-0.39, 0.29) is 11.5 Å². The highest BCUT2D eigenvalue weighted by molar-refractivity contribution is 6.11. The third-order valence-corrected chi connectivity index (χ3v) is 5.64. The highest BCUT2D eigenvalue weighted by Gasteiger charge is 2.16. The van der Waals surface area contributed by atoms with Crippen LogP contribution in [-0.2, 0) is 0 Å². The van der Waals surface area contributed by atoms with Crippen LogP contribution >= 0.6 is 0 Å². The molecule has 4 heteroatoms. The van der Waals surface area contributed by atoms with Gasteiger partial charge in [0.05, 0.1) is 12.8 Å². The molecule has 0 radical (unpaired) electrons. The first-order chi connectivity index (χ1) is 15.7. The lowest BCUT2D eigenvalue weighted by Gasteiger charge is -2.15. The van der Waals surface area contributed by atoms with Crippen molar-refractivity contribution < 1.29 is 14.9 Å². The van der Waals surface area contributed by atoms with E-state index in [2.05, 4.69) is 0 Å². The van der Waals surface area contributed by atoms with Gasteiger partial charge in [-0.2, -0.15) is 0 Å². The van der Waals surface area contributed by atoms with Gasteiger partial charge in [0.1, 0.15) is 17.2 Å². The summed E-state index contributed by atoms with van der Waals surface area (Å²) in [4.78, 5) is 4.74. The summed E-state index contributed by atoms with van der Waals surface area (Å²) in [5.41, 5.74) is 2.82. The third-order valence-electron chi connectivity index (χ3n) is 5.64. The molecule has 32 heavy (non-hydrogen) atoms. The fourth-order valence-corrected chi connectivity index (χ4v) is 4.06. The van der Waals surface area contributed by atoms with Crippen LogP contribution in [0.1, 0.15) is 5.56 Å². The van der Waals surface area contributed by atoms with Gasteiger partial charge in [0, 0.05) is 22.9 Å². The molecule has 156 valence electrons. The number of nitrogens with zero attached hydrogens (tertiary/aromatic N) is 1. The van der Waals surface area contributed by atoms with Crippen molar-refractivity contribution in [1.82, 2.24) is 0 Å². The number of hydrogen-bond acceptors (Lipinski definition) is 4. The fraction of sp³-hybridized carbons (Fsp3) is 0.0357. The molecule has 5 rings (SSSR count). The number of hydrogen-bond donors (Lipinski definition) is 2. The number of fused-ring (bicyclic) bond motifs is 2. The molecule has 0 aliphatic carbocycles. The molecule has 0 fully saturated rings. The van der Waals surface area contributed by atoms with Crippen molar-refractivity contribution >= 4 is 33.4 Å². The summed E-state index contributed by atoms with van der Waals surface area (Å²) in [6.07, 6.45) is 1.62. The van der Waals surface area contributed by atoms with Crippen molar-refractivity contribution in [2.75, 3.05) is 7.11 Å². The van der Waals surface area contributed by atoms with Gasteiger partial charge < -0.3 is 14.9 Å². The van der Waals surface area contributed by atoms with Gasteiger partial charge in [-0.1, -0.05) is 60.7 Å². The summed E-state index contributed by atoms with van der Waals surface area (Å²) in [7, 11) is 1.58. The number of ether oxygens (including phenoxy) is 1. The van der Waals surface area contributed by atoms with E-state index in [1.165, 1.54) is 0 Å². The van der Waals surface area contributed by atoms with Gasteiger partial charge in [-0.3, -0.25) is 4.99 Å². The molecule has 5 aromatic carbocycles. The first-order valence-corrected chi connectivity index (χ1v) is 10.3. The lowest BCUT2D eigenvalue weighted by Crippen LogP contribution is -1.89. The Kier molecular flexibility index (Phi) is 4.96. The summed E-state index contributed by atoms with van der Waals surface area (Å²) in [6, 6.07) is 28.6. The summed E-state index contributed by atoms with van der Waals surface area (Å²) in [6.45, 7) is 0. The Morgan fingerprint density at radius 2 is 1.31 bits per heavy atom. The van der Waals surface area contributed by atoms with Gasteiger partial charge in [0.25, 0.3) is 0 Å². The predicted molar refractivity (Wildman–Crippen MR) is 130 cm³/mol. The molecule has 0 bridgehead atoms. The molecule has 0 aliphatic heterocycles. The molecule has 0 heterocycles. The van der Waals surface area contributed by atoms with Gasteiger partial charge in [0.15, 0.2) is 0 Å².